The van der Waals surface area contributed by atoms with Crippen LogP contribution in [0.5, 0.6) is 0 Å². The van der Waals surface area contributed by atoms with Gasteiger partial charge in [-0.1, -0.05) is 26.7 Å². The Kier molecular flexibility index (Phi) is 6.93. The van der Waals surface area contributed by atoms with Gasteiger partial charge in [-0.3, -0.25) is 9.67 Å². The highest BCUT2D eigenvalue weighted by atomic mass is 15.3. The molecule has 0 aromatic carbocycles. The summed E-state index contributed by atoms with van der Waals surface area (Å²) in [5, 5.41) is 7.75. The molecule has 1 aromatic heterocycles. The summed E-state index contributed by atoms with van der Waals surface area (Å²) in [5.74, 6) is 2.52. The Morgan fingerprint density at radius 1 is 1.39 bits per heavy atom. The number of aliphatic imine (C=N–C) groups is 1. The van der Waals surface area contributed by atoms with E-state index < -0.39 is 0 Å². The topological polar surface area (TPSA) is 45.5 Å². The zero-order chi connectivity index (χ0) is 16.7. The third-order valence-corrected chi connectivity index (χ3v) is 4.86. The Bertz CT molecular complexity index is 489. The second kappa shape index (κ2) is 8.94. The van der Waals surface area contributed by atoms with E-state index in [-0.39, 0.29) is 0 Å². The number of nitrogens with one attached hydrogen (secondary N) is 1. The van der Waals surface area contributed by atoms with Crippen molar-refractivity contribution < 1.29 is 0 Å². The van der Waals surface area contributed by atoms with E-state index in [0.717, 1.165) is 38.6 Å². The molecule has 2 heterocycles. The maximum Gasteiger partial charge on any atom is 0.193 e. The highest BCUT2D eigenvalue weighted by molar-refractivity contribution is 5.80. The second-order valence-corrected chi connectivity index (χ2v) is 6.70. The lowest BCUT2D eigenvalue weighted by molar-refractivity contribution is 0.450. The summed E-state index contributed by atoms with van der Waals surface area (Å²) in [7, 11) is 1.98. The summed E-state index contributed by atoms with van der Waals surface area (Å²) in [6.07, 6.45) is 8.91. The van der Waals surface area contributed by atoms with Crippen LogP contribution in [0.2, 0.25) is 0 Å². The van der Waals surface area contributed by atoms with E-state index in [4.69, 9.17) is 4.99 Å². The van der Waals surface area contributed by atoms with E-state index >= 15 is 0 Å². The molecule has 1 unspecified atom stereocenters. The number of likely N-dealkylation sites (tertiary alicyclic amines) is 1. The minimum atomic E-state index is 0.705. The van der Waals surface area contributed by atoms with Gasteiger partial charge >= 0.3 is 0 Å². The number of guanidine groups is 1. The van der Waals surface area contributed by atoms with Gasteiger partial charge in [0.15, 0.2) is 5.96 Å². The van der Waals surface area contributed by atoms with Gasteiger partial charge in [0.05, 0.1) is 6.20 Å². The summed E-state index contributed by atoms with van der Waals surface area (Å²) in [4.78, 5) is 7.34. The Morgan fingerprint density at radius 3 is 2.78 bits per heavy atom. The van der Waals surface area contributed by atoms with Crippen LogP contribution in [0, 0.1) is 11.8 Å². The van der Waals surface area contributed by atoms with Gasteiger partial charge < -0.3 is 10.2 Å². The molecule has 0 amide bonds. The Labute approximate surface area is 141 Å². The van der Waals surface area contributed by atoms with Crippen LogP contribution in [-0.2, 0) is 13.5 Å². The van der Waals surface area contributed by atoms with Gasteiger partial charge in [-0.05, 0) is 37.2 Å². The molecule has 23 heavy (non-hydrogen) atoms. The van der Waals surface area contributed by atoms with Crippen LogP contribution >= 0.6 is 0 Å². The zero-order valence-corrected chi connectivity index (χ0v) is 15.3. The second-order valence-electron chi connectivity index (χ2n) is 6.70. The van der Waals surface area contributed by atoms with Gasteiger partial charge in [0.1, 0.15) is 0 Å². The highest BCUT2D eigenvalue weighted by Crippen LogP contribution is 2.21. The lowest BCUT2D eigenvalue weighted by Crippen LogP contribution is -2.40. The number of hydrogen-bond acceptors (Lipinski definition) is 2. The van der Waals surface area contributed by atoms with Crippen molar-refractivity contribution in [3.63, 3.8) is 0 Å². The van der Waals surface area contributed by atoms with Gasteiger partial charge in [0, 0.05) is 39.4 Å². The first-order valence-corrected chi connectivity index (χ1v) is 9.16. The van der Waals surface area contributed by atoms with Gasteiger partial charge in [-0.15, -0.1) is 0 Å². The minimum absolute atomic E-state index is 0.705. The Hall–Kier alpha value is -1.52. The van der Waals surface area contributed by atoms with E-state index in [1.807, 2.05) is 17.9 Å². The average Bonchev–Trinajstić information content (AvgIpc) is 3.17. The van der Waals surface area contributed by atoms with Crippen LogP contribution in [0.3, 0.4) is 0 Å². The van der Waals surface area contributed by atoms with Crippen LogP contribution in [0.4, 0.5) is 0 Å². The summed E-state index contributed by atoms with van der Waals surface area (Å²) in [5.41, 5.74) is 1.35. The number of aromatic nitrogens is 2. The summed E-state index contributed by atoms with van der Waals surface area (Å²) < 4.78 is 1.89. The molecule has 2 rings (SSSR count). The first-order chi connectivity index (χ1) is 11.2. The maximum atomic E-state index is 4.90. The number of rotatable bonds is 7. The fourth-order valence-electron chi connectivity index (χ4n) is 3.29. The predicted molar refractivity (Wildman–Crippen MR) is 96.6 cm³/mol. The quantitative estimate of drug-likeness (QED) is 0.621. The van der Waals surface area contributed by atoms with Crippen LogP contribution in [0.15, 0.2) is 17.4 Å². The van der Waals surface area contributed by atoms with E-state index in [2.05, 4.69) is 42.3 Å². The van der Waals surface area contributed by atoms with Crippen LogP contribution in [0.1, 0.15) is 45.6 Å². The summed E-state index contributed by atoms with van der Waals surface area (Å²) in [6.45, 7) is 10.8. The molecule has 0 spiro atoms. The lowest BCUT2D eigenvalue weighted by atomic mass is 10.0. The third kappa shape index (κ3) is 5.26. The van der Waals surface area contributed by atoms with Crippen molar-refractivity contribution in [2.45, 2.75) is 46.5 Å². The zero-order valence-electron chi connectivity index (χ0n) is 15.3. The predicted octanol–water partition coefficient (Wildman–Crippen LogP) is 2.69. The number of nitrogens with zero attached hydrogens (tertiary/aromatic N) is 4. The number of aryl methyl sites for hydroxylation is 1. The smallest absolute Gasteiger partial charge is 0.193 e. The monoisotopic (exact) mass is 319 g/mol. The third-order valence-electron chi connectivity index (χ3n) is 4.86. The molecule has 1 aromatic rings. The average molecular weight is 319 g/mol. The molecular weight excluding hydrogens is 286 g/mol. The molecular formula is C18H33N5. The van der Waals surface area contributed by atoms with E-state index in [0.29, 0.717) is 11.8 Å². The van der Waals surface area contributed by atoms with Gasteiger partial charge in [-0.25, -0.2) is 0 Å². The normalized spacial score (nSPS) is 18.9. The highest BCUT2D eigenvalue weighted by Gasteiger charge is 2.25. The summed E-state index contributed by atoms with van der Waals surface area (Å²) in [6, 6.07) is 0. The van der Waals surface area contributed by atoms with E-state index in [1.165, 1.54) is 24.8 Å². The largest absolute Gasteiger partial charge is 0.357 e. The van der Waals surface area contributed by atoms with Crippen molar-refractivity contribution in [1.82, 2.24) is 20.0 Å². The maximum absolute atomic E-state index is 4.90. The van der Waals surface area contributed by atoms with Crippen LogP contribution in [0.25, 0.3) is 0 Å². The molecule has 5 nitrogen and oxygen atoms in total. The molecule has 1 atom stereocenters. The Morgan fingerprint density at radius 2 is 2.17 bits per heavy atom. The van der Waals surface area contributed by atoms with Crippen LogP contribution < -0.4 is 5.32 Å². The first kappa shape index (κ1) is 17.8. The summed E-state index contributed by atoms with van der Waals surface area (Å²) >= 11 is 0. The van der Waals surface area contributed by atoms with E-state index in [9.17, 15) is 0 Å². The van der Waals surface area contributed by atoms with Gasteiger partial charge in [0.2, 0.25) is 0 Å². The van der Waals surface area contributed by atoms with Crippen molar-refractivity contribution in [2.24, 2.45) is 23.9 Å². The van der Waals surface area contributed by atoms with Crippen molar-refractivity contribution >= 4 is 5.96 Å². The van der Waals surface area contributed by atoms with Crippen molar-refractivity contribution in [2.75, 3.05) is 26.2 Å². The molecule has 0 radical (unpaired) electrons. The molecule has 1 saturated heterocycles. The molecule has 1 aliphatic heterocycles. The van der Waals surface area contributed by atoms with Gasteiger partial charge in [0.25, 0.3) is 0 Å². The van der Waals surface area contributed by atoms with Crippen molar-refractivity contribution in [3.8, 4) is 0 Å². The Balaban J connectivity index is 1.91. The molecule has 0 bridgehead atoms. The molecule has 0 saturated carbocycles. The molecule has 0 aliphatic carbocycles. The lowest BCUT2D eigenvalue weighted by Gasteiger charge is -2.22. The standard InChI is InChI=1S/C18H33N5/c1-5-15(6-2)11-20-18(19-7-3)23-9-8-16(14-23)10-17-12-21-22(4)13-17/h12-13,15-16H,5-11,14H2,1-4H3,(H,19,20). The van der Waals surface area contributed by atoms with Crippen molar-refractivity contribution in [1.29, 1.82) is 0 Å². The first-order valence-electron chi connectivity index (χ1n) is 9.16. The van der Waals surface area contributed by atoms with E-state index in [1.54, 1.807) is 0 Å². The molecule has 1 N–H and O–H groups in total. The molecule has 1 aliphatic rings. The van der Waals surface area contributed by atoms with Crippen molar-refractivity contribution in [3.05, 3.63) is 18.0 Å². The number of hydrogen-bond donors (Lipinski definition) is 1. The van der Waals surface area contributed by atoms with Gasteiger partial charge in [-0.2, -0.15) is 5.10 Å². The molecule has 5 heteroatoms. The minimum Gasteiger partial charge on any atom is -0.357 e. The fourth-order valence-corrected chi connectivity index (χ4v) is 3.29. The molecule has 1 fully saturated rings. The SMILES string of the molecule is CCNC(=NCC(CC)CC)N1CCC(Cc2cnn(C)c2)C1. The molecule has 130 valence electrons. The van der Waals surface area contributed by atoms with Crippen LogP contribution in [-0.4, -0.2) is 46.8 Å². The fraction of sp³-hybridized carbons (Fsp3) is 0.778.